The van der Waals surface area contributed by atoms with Crippen molar-refractivity contribution in [3.05, 3.63) is 82.4 Å². The number of anilines is 2. The molecule has 0 bridgehead atoms. The fourth-order valence-corrected chi connectivity index (χ4v) is 5.67. The Morgan fingerprint density at radius 1 is 0.941 bits per heavy atom. The number of hydrogen-bond acceptors (Lipinski definition) is 4. The third kappa shape index (κ3) is 5.42. The van der Waals surface area contributed by atoms with Gasteiger partial charge in [0.25, 0.3) is 10.0 Å². The molecule has 0 aliphatic rings. The number of nitrogens with zero attached hydrogens (tertiary/aromatic N) is 1. The fraction of sp³-hybridized carbons (Fsp3) is 0.296. The zero-order valence-electron chi connectivity index (χ0n) is 20.6. The predicted molar refractivity (Wildman–Crippen MR) is 137 cm³/mol. The van der Waals surface area contributed by atoms with Crippen LogP contribution in [0.3, 0.4) is 0 Å². The molecular weight excluding hydrogens is 448 g/mol. The molecule has 34 heavy (non-hydrogen) atoms. The minimum Gasteiger partial charge on any atom is -0.495 e. The van der Waals surface area contributed by atoms with E-state index < -0.39 is 15.9 Å². The number of carbonyl (C=O) groups is 1. The smallest absolute Gasteiger partial charge is 0.268 e. The van der Waals surface area contributed by atoms with Crippen molar-refractivity contribution in [3.8, 4) is 5.75 Å². The second-order valence-corrected chi connectivity index (χ2v) is 10.4. The molecule has 3 aromatic rings. The molecule has 0 aliphatic carbocycles. The molecule has 0 saturated heterocycles. The van der Waals surface area contributed by atoms with Crippen LogP contribution in [-0.2, 0) is 21.2 Å². The number of aryl methyl sites for hydroxylation is 5. The Morgan fingerprint density at radius 3 is 2.24 bits per heavy atom. The molecule has 0 saturated carbocycles. The summed E-state index contributed by atoms with van der Waals surface area (Å²) in [7, 11) is -2.69. The lowest BCUT2D eigenvalue weighted by molar-refractivity contribution is -0.114. The first-order valence-corrected chi connectivity index (χ1v) is 12.6. The molecule has 0 radical (unpaired) electrons. The largest absolute Gasteiger partial charge is 0.495 e. The molecule has 0 aliphatic heterocycles. The molecule has 3 aromatic carbocycles. The summed E-state index contributed by atoms with van der Waals surface area (Å²) in [6.45, 7) is 9.17. The molecule has 0 atom stereocenters. The van der Waals surface area contributed by atoms with Crippen molar-refractivity contribution in [2.45, 2.75) is 45.9 Å². The molecule has 7 heteroatoms. The fourth-order valence-electron chi connectivity index (χ4n) is 4.03. The number of amides is 1. The van der Waals surface area contributed by atoms with Gasteiger partial charge in [0.05, 0.1) is 12.8 Å². The highest BCUT2D eigenvalue weighted by molar-refractivity contribution is 7.93. The average molecular weight is 481 g/mol. The number of sulfonamides is 1. The van der Waals surface area contributed by atoms with Gasteiger partial charge < -0.3 is 10.1 Å². The molecular formula is C27H32N2O4S. The van der Waals surface area contributed by atoms with Crippen LogP contribution >= 0.6 is 0 Å². The summed E-state index contributed by atoms with van der Waals surface area (Å²) >= 11 is 0. The number of nitrogens with one attached hydrogen (secondary N) is 1. The topological polar surface area (TPSA) is 75.7 Å². The summed E-state index contributed by atoms with van der Waals surface area (Å²) in [6, 6.07) is 16.3. The summed E-state index contributed by atoms with van der Waals surface area (Å²) in [5, 5.41) is 2.95. The van der Waals surface area contributed by atoms with Gasteiger partial charge in [0.15, 0.2) is 0 Å². The molecule has 0 heterocycles. The van der Waals surface area contributed by atoms with Crippen molar-refractivity contribution in [1.29, 1.82) is 0 Å². The number of rotatable bonds is 8. The van der Waals surface area contributed by atoms with E-state index in [1.807, 2.05) is 58.9 Å². The van der Waals surface area contributed by atoms with Crippen molar-refractivity contribution in [2.24, 2.45) is 0 Å². The Bertz CT molecular complexity index is 1300. The van der Waals surface area contributed by atoms with E-state index in [4.69, 9.17) is 4.74 Å². The maximum atomic E-state index is 13.9. The van der Waals surface area contributed by atoms with Crippen LogP contribution in [0.4, 0.5) is 11.4 Å². The number of benzene rings is 3. The van der Waals surface area contributed by atoms with Gasteiger partial charge >= 0.3 is 0 Å². The van der Waals surface area contributed by atoms with E-state index >= 15 is 0 Å². The molecule has 6 nitrogen and oxygen atoms in total. The van der Waals surface area contributed by atoms with E-state index in [-0.39, 0.29) is 17.2 Å². The van der Waals surface area contributed by atoms with E-state index in [2.05, 4.69) is 5.32 Å². The first-order chi connectivity index (χ1) is 16.1. The standard InChI is InChI=1S/C27H32N2O4S/c1-7-22-10-8-9-21(5)27(22)28-26(30)17-29(23-14-19(3)13-20(4)15-23)34(31,32)25-16-18(2)11-12-24(25)33-6/h8-16H,7,17H2,1-6H3,(H,28,30). The Labute approximate surface area is 202 Å². The van der Waals surface area contributed by atoms with Crippen LogP contribution < -0.4 is 14.4 Å². The van der Waals surface area contributed by atoms with Gasteiger partial charge in [0.2, 0.25) is 5.91 Å². The van der Waals surface area contributed by atoms with Crippen LogP contribution in [0.1, 0.15) is 34.7 Å². The van der Waals surface area contributed by atoms with E-state index in [1.165, 1.54) is 7.11 Å². The van der Waals surface area contributed by atoms with E-state index in [0.29, 0.717) is 5.69 Å². The third-order valence-corrected chi connectivity index (χ3v) is 7.47. The highest BCUT2D eigenvalue weighted by atomic mass is 32.2. The van der Waals surface area contributed by atoms with Crippen LogP contribution in [-0.4, -0.2) is 28.0 Å². The lowest BCUT2D eigenvalue weighted by Crippen LogP contribution is -2.38. The van der Waals surface area contributed by atoms with E-state index in [9.17, 15) is 13.2 Å². The molecule has 0 spiro atoms. The Morgan fingerprint density at radius 2 is 1.62 bits per heavy atom. The number of hydrogen-bond donors (Lipinski definition) is 1. The van der Waals surface area contributed by atoms with Crippen LogP contribution in [0.5, 0.6) is 5.75 Å². The van der Waals surface area contributed by atoms with Crippen molar-refractivity contribution in [1.82, 2.24) is 0 Å². The predicted octanol–water partition coefficient (Wildman–Crippen LogP) is 5.33. The van der Waals surface area contributed by atoms with E-state index in [1.54, 1.807) is 30.3 Å². The average Bonchev–Trinajstić information content (AvgIpc) is 2.78. The van der Waals surface area contributed by atoms with Gasteiger partial charge in [-0.05, 0) is 86.2 Å². The maximum Gasteiger partial charge on any atom is 0.268 e. The lowest BCUT2D eigenvalue weighted by atomic mass is 10.1. The zero-order chi connectivity index (χ0) is 25.0. The van der Waals surface area contributed by atoms with Gasteiger partial charge in [-0.15, -0.1) is 0 Å². The Balaban J connectivity index is 2.09. The molecule has 3 rings (SSSR count). The van der Waals surface area contributed by atoms with Crippen molar-refractivity contribution in [2.75, 3.05) is 23.3 Å². The Kier molecular flexibility index (Phi) is 7.67. The highest BCUT2D eigenvalue weighted by Crippen LogP contribution is 2.32. The highest BCUT2D eigenvalue weighted by Gasteiger charge is 2.30. The van der Waals surface area contributed by atoms with Crippen LogP contribution in [0.15, 0.2) is 59.5 Å². The minimum absolute atomic E-state index is 0.0205. The maximum absolute atomic E-state index is 13.9. The van der Waals surface area contributed by atoms with Gasteiger partial charge in [0, 0.05) is 5.69 Å². The molecule has 1 N–H and O–H groups in total. The number of methoxy groups -OCH3 is 1. The lowest BCUT2D eigenvalue weighted by Gasteiger charge is -2.26. The summed E-state index contributed by atoms with van der Waals surface area (Å²) in [4.78, 5) is 13.3. The number of ether oxygens (including phenoxy) is 1. The molecule has 1 amide bonds. The summed E-state index contributed by atoms with van der Waals surface area (Å²) in [6.07, 6.45) is 0.747. The van der Waals surface area contributed by atoms with Crippen LogP contribution in [0.2, 0.25) is 0 Å². The third-order valence-electron chi connectivity index (χ3n) is 5.67. The van der Waals surface area contributed by atoms with Crippen molar-refractivity contribution in [3.63, 3.8) is 0 Å². The van der Waals surface area contributed by atoms with E-state index in [0.717, 1.165) is 44.2 Å². The monoisotopic (exact) mass is 480 g/mol. The molecule has 0 fully saturated rings. The summed E-state index contributed by atoms with van der Waals surface area (Å²) in [5.41, 5.74) is 5.65. The van der Waals surface area contributed by atoms with Gasteiger partial charge in [-0.2, -0.15) is 0 Å². The molecule has 180 valence electrons. The SMILES string of the molecule is CCc1cccc(C)c1NC(=O)CN(c1cc(C)cc(C)c1)S(=O)(=O)c1cc(C)ccc1OC. The van der Waals surface area contributed by atoms with Crippen LogP contribution in [0.25, 0.3) is 0 Å². The van der Waals surface area contributed by atoms with Crippen molar-refractivity contribution >= 4 is 27.3 Å². The van der Waals surface area contributed by atoms with Crippen molar-refractivity contribution < 1.29 is 17.9 Å². The van der Waals surface area contributed by atoms with Gasteiger partial charge in [-0.3, -0.25) is 9.10 Å². The summed E-state index contributed by atoms with van der Waals surface area (Å²) in [5.74, 6) is -0.189. The minimum atomic E-state index is -4.12. The van der Waals surface area contributed by atoms with Gasteiger partial charge in [0.1, 0.15) is 17.2 Å². The summed E-state index contributed by atoms with van der Waals surface area (Å²) < 4.78 is 34.4. The normalized spacial score (nSPS) is 11.2. The number of para-hydroxylation sites is 1. The first kappa shape index (κ1) is 25.3. The zero-order valence-corrected chi connectivity index (χ0v) is 21.4. The second kappa shape index (κ2) is 10.3. The molecule has 0 unspecified atom stereocenters. The first-order valence-electron chi connectivity index (χ1n) is 11.2. The Hall–Kier alpha value is -3.32. The van der Waals surface area contributed by atoms with Gasteiger partial charge in [-0.1, -0.05) is 37.3 Å². The quantitative estimate of drug-likeness (QED) is 0.473. The van der Waals surface area contributed by atoms with Gasteiger partial charge in [-0.25, -0.2) is 8.42 Å². The van der Waals surface area contributed by atoms with Crippen LogP contribution in [0, 0.1) is 27.7 Å². The molecule has 0 aromatic heterocycles. The number of carbonyl (C=O) groups excluding carboxylic acids is 1. The second-order valence-electron chi connectivity index (χ2n) is 8.52.